The third kappa shape index (κ3) is 5.81. The summed E-state index contributed by atoms with van der Waals surface area (Å²) in [5.41, 5.74) is 5.88. The van der Waals surface area contributed by atoms with E-state index in [4.69, 9.17) is 21.7 Å². The number of amides is 1. The molecule has 10 heteroatoms. The Morgan fingerprint density at radius 2 is 1.79 bits per heavy atom. The van der Waals surface area contributed by atoms with Gasteiger partial charge in [0.15, 0.2) is 16.6 Å². The fourth-order valence-electron chi connectivity index (χ4n) is 2.17. The summed E-state index contributed by atoms with van der Waals surface area (Å²) in [6, 6.07) is 10.5. The number of hydrazine groups is 1. The first-order valence-electron chi connectivity index (χ1n) is 8.26. The fraction of sp³-hybridized carbons (Fsp3) is 0.222. The van der Waals surface area contributed by atoms with Gasteiger partial charge in [-0.05, 0) is 56.4 Å². The number of methoxy groups -OCH3 is 1. The Morgan fingerprint density at radius 1 is 1.11 bits per heavy atom. The van der Waals surface area contributed by atoms with E-state index in [-0.39, 0.29) is 16.9 Å². The summed E-state index contributed by atoms with van der Waals surface area (Å²) in [6.45, 7) is 3.78. The van der Waals surface area contributed by atoms with Gasteiger partial charge in [0.25, 0.3) is 11.6 Å². The molecular weight excluding hydrogens is 384 g/mol. The summed E-state index contributed by atoms with van der Waals surface area (Å²) in [5, 5.41) is 13.6. The topological polar surface area (TPSA) is 115 Å². The van der Waals surface area contributed by atoms with Crippen LogP contribution in [-0.2, 0) is 0 Å². The van der Waals surface area contributed by atoms with E-state index in [1.807, 2.05) is 13.8 Å². The van der Waals surface area contributed by atoms with Gasteiger partial charge in [-0.25, -0.2) is 0 Å². The molecule has 0 fully saturated rings. The molecule has 0 aliphatic heterocycles. The SMILES string of the molecule is COc1cc(C(=O)NNC(=S)Nc2ccc([N+](=O)[O-])cc2)ccc1OC(C)C. The largest absolute Gasteiger partial charge is 0.493 e. The number of carbonyl (C=O) groups excluding carboxylic acids is 1. The van der Waals surface area contributed by atoms with E-state index < -0.39 is 10.8 Å². The molecule has 0 atom stereocenters. The molecule has 0 heterocycles. The van der Waals surface area contributed by atoms with Crippen molar-refractivity contribution in [2.75, 3.05) is 12.4 Å². The average Bonchev–Trinajstić information content (AvgIpc) is 2.66. The molecule has 2 aromatic carbocycles. The summed E-state index contributed by atoms with van der Waals surface area (Å²) in [7, 11) is 1.49. The lowest BCUT2D eigenvalue weighted by molar-refractivity contribution is -0.384. The number of hydrogen-bond donors (Lipinski definition) is 3. The number of nitro benzene ring substituents is 1. The summed E-state index contributed by atoms with van der Waals surface area (Å²) in [6.07, 6.45) is -0.0295. The first kappa shape index (κ1) is 20.9. The van der Waals surface area contributed by atoms with Gasteiger partial charge in [-0.1, -0.05) is 0 Å². The molecule has 0 spiro atoms. The molecule has 0 aliphatic rings. The monoisotopic (exact) mass is 404 g/mol. The molecule has 148 valence electrons. The highest BCUT2D eigenvalue weighted by Gasteiger charge is 2.12. The smallest absolute Gasteiger partial charge is 0.269 e. The Hall–Kier alpha value is -3.40. The second-order valence-corrected chi connectivity index (χ2v) is 6.28. The van der Waals surface area contributed by atoms with Crippen molar-refractivity contribution in [2.24, 2.45) is 0 Å². The zero-order valence-electron chi connectivity index (χ0n) is 15.5. The maximum atomic E-state index is 12.3. The third-order valence-corrected chi connectivity index (χ3v) is 3.62. The molecule has 2 rings (SSSR count). The number of thiocarbonyl (C=S) groups is 1. The van der Waals surface area contributed by atoms with Crippen molar-refractivity contribution in [2.45, 2.75) is 20.0 Å². The van der Waals surface area contributed by atoms with E-state index in [1.165, 1.54) is 31.4 Å². The second kappa shape index (κ2) is 9.51. The molecule has 2 aromatic rings. The van der Waals surface area contributed by atoms with E-state index in [0.717, 1.165) is 0 Å². The predicted molar refractivity (Wildman–Crippen MR) is 109 cm³/mol. The van der Waals surface area contributed by atoms with Crippen LogP contribution in [-0.4, -0.2) is 29.2 Å². The summed E-state index contributed by atoms with van der Waals surface area (Å²) in [5.74, 6) is 0.549. The number of non-ortho nitro benzene ring substituents is 1. The molecule has 0 radical (unpaired) electrons. The van der Waals surface area contributed by atoms with Crippen LogP contribution in [0.15, 0.2) is 42.5 Å². The Bertz CT molecular complexity index is 871. The molecule has 28 heavy (non-hydrogen) atoms. The maximum Gasteiger partial charge on any atom is 0.269 e. The fourth-order valence-corrected chi connectivity index (χ4v) is 2.34. The standard InChI is InChI=1S/C18H20N4O5S/c1-11(2)27-15-9-4-12(10-16(15)26-3)17(23)20-21-18(28)19-13-5-7-14(8-6-13)22(24)25/h4-11H,1-3H3,(H,20,23)(H2,19,21,28). The first-order valence-corrected chi connectivity index (χ1v) is 8.67. The van der Waals surface area contributed by atoms with Gasteiger partial charge in [-0.15, -0.1) is 0 Å². The quantitative estimate of drug-likeness (QED) is 0.382. The molecule has 0 saturated heterocycles. The van der Waals surface area contributed by atoms with Crippen molar-refractivity contribution in [3.05, 3.63) is 58.1 Å². The first-order chi connectivity index (χ1) is 13.3. The molecule has 0 saturated carbocycles. The zero-order chi connectivity index (χ0) is 20.7. The summed E-state index contributed by atoms with van der Waals surface area (Å²) < 4.78 is 10.9. The van der Waals surface area contributed by atoms with Crippen molar-refractivity contribution in [1.29, 1.82) is 0 Å². The number of nitrogens with one attached hydrogen (secondary N) is 3. The number of nitro groups is 1. The van der Waals surface area contributed by atoms with E-state index in [1.54, 1.807) is 18.2 Å². The Kier molecular flexibility index (Phi) is 7.10. The van der Waals surface area contributed by atoms with Gasteiger partial charge >= 0.3 is 0 Å². The van der Waals surface area contributed by atoms with Crippen molar-refractivity contribution in [3.63, 3.8) is 0 Å². The summed E-state index contributed by atoms with van der Waals surface area (Å²) in [4.78, 5) is 22.4. The van der Waals surface area contributed by atoms with Crippen LogP contribution in [0.25, 0.3) is 0 Å². The minimum Gasteiger partial charge on any atom is -0.493 e. The second-order valence-electron chi connectivity index (χ2n) is 5.87. The average molecular weight is 404 g/mol. The minimum atomic E-state index is -0.494. The number of anilines is 1. The third-order valence-electron chi connectivity index (χ3n) is 3.41. The molecule has 9 nitrogen and oxygen atoms in total. The van der Waals surface area contributed by atoms with Crippen LogP contribution >= 0.6 is 12.2 Å². The number of benzene rings is 2. The zero-order valence-corrected chi connectivity index (χ0v) is 16.3. The van der Waals surface area contributed by atoms with E-state index >= 15 is 0 Å². The van der Waals surface area contributed by atoms with Gasteiger partial charge in [0.1, 0.15) is 0 Å². The van der Waals surface area contributed by atoms with Gasteiger partial charge in [-0.3, -0.25) is 25.8 Å². The lowest BCUT2D eigenvalue weighted by Crippen LogP contribution is -2.43. The lowest BCUT2D eigenvalue weighted by Gasteiger charge is -2.15. The molecule has 0 bridgehead atoms. The highest BCUT2D eigenvalue weighted by molar-refractivity contribution is 7.80. The molecular formula is C18H20N4O5S. The van der Waals surface area contributed by atoms with Gasteiger partial charge in [-0.2, -0.15) is 0 Å². The highest BCUT2D eigenvalue weighted by atomic mass is 32.1. The van der Waals surface area contributed by atoms with Crippen LogP contribution in [0.4, 0.5) is 11.4 Å². The molecule has 0 aromatic heterocycles. The highest BCUT2D eigenvalue weighted by Crippen LogP contribution is 2.28. The van der Waals surface area contributed by atoms with Crippen LogP contribution in [0.3, 0.4) is 0 Å². The predicted octanol–water partition coefficient (Wildman–Crippen LogP) is 3.02. The normalized spacial score (nSPS) is 10.1. The lowest BCUT2D eigenvalue weighted by atomic mass is 10.2. The van der Waals surface area contributed by atoms with Crippen LogP contribution in [0.5, 0.6) is 11.5 Å². The number of carbonyl (C=O) groups is 1. The van der Waals surface area contributed by atoms with E-state index in [0.29, 0.717) is 22.7 Å². The van der Waals surface area contributed by atoms with Gasteiger partial charge in [0, 0.05) is 23.4 Å². The van der Waals surface area contributed by atoms with Gasteiger partial charge in [0.2, 0.25) is 0 Å². The molecule has 3 N–H and O–H groups in total. The summed E-state index contributed by atoms with van der Waals surface area (Å²) >= 11 is 5.09. The Labute approximate surface area is 167 Å². The molecule has 0 unspecified atom stereocenters. The van der Waals surface area contributed by atoms with E-state index in [9.17, 15) is 14.9 Å². The van der Waals surface area contributed by atoms with Crippen LogP contribution in [0, 0.1) is 10.1 Å². The maximum absolute atomic E-state index is 12.3. The Morgan fingerprint density at radius 3 is 2.36 bits per heavy atom. The van der Waals surface area contributed by atoms with Crippen molar-refractivity contribution in [1.82, 2.24) is 10.9 Å². The molecule has 1 amide bonds. The number of nitrogens with zero attached hydrogens (tertiary/aromatic N) is 1. The van der Waals surface area contributed by atoms with Crippen LogP contribution in [0.1, 0.15) is 24.2 Å². The van der Waals surface area contributed by atoms with Gasteiger partial charge in [0.05, 0.1) is 18.1 Å². The molecule has 0 aliphatic carbocycles. The van der Waals surface area contributed by atoms with Crippen LogP contribution in [0.2, 0.25) is 0 Å². The van der Waals surface area contributed by atoms with Crippen molar-refractivity contribution in [3.8, 4) is 11.5 Å². The number of ether oxygens (including phenoxy) is 2. The number of rotatable bonds is 6. The minimum absolute atomic E-state index is 0.0295. The van der Waals surface area contributed by atoms with Crippen molar-refractivity contribution < 1.29 is 19.2 Å². The van der Waals surface area contributed by atoms with Crippen molar-refractivity contribution >= 4 is 34.6 Å². The Balaban J connectivity index is 1.93. The van der Waals surface area contributed by atoms with E-state index in [2.05, 4.69) is 16.2 Å². The van der Waals surface area contributed by atoms with Crippen LogP contribution < -0.4 is 25.6 Å². The van der Waals surface area contributed by atoms with Gasteiger partial charge < -0.3 is 14.8 Å². The number of hydrogen-bond acceptors (Lipinski definition) is 6.